The minimum absolute atomic E-state index is 0.0388. The molecule has 0 bridgehead atoms. The van der Waals surface area contributed by atoms with Crippen molar-refractivity contribution >= 4 is 29.4 Å². The van der Waals surface area contributed by atoms with Crippen molar-refractivity contribution in [2.45, 2.75) is 68.8 Å². The number of rotatable bonds is 4. The largest absolute Gasteiger partial charge is 0.351 e. The molecule has 150 valence electrons. The number of fused-ring (bicyclic) bond motifs is 1. The van der Waals surface area contributed by atoms with Crippen molar-refractivity contribution < 1.29 is 4.79 Å². The van der Waals surface area contributed by atoms with Gasteiger partial charge in [0.1, 0.15) is 0 Å². The summed E-state index contributed by atoms with van der Waals surface area (Å²) in [7, 11) is 0. The van der Waals surface area contributed by atoms with Crippen molar-refractivity contribution in [3.63, 3.8) is 0 Å². The van der Waals surface area contributed by atoms with Gasteiger partial charge in [0.05, 0.1) is 22.0 Å². The third-order valence-corrected chi connectivity index (χ3v) is 6.35. The van der Waals surface area contributed by atoms with E-state index in [1.165, 1.54) is 11.8 Å². The highest BCUT2D eigenvalue weighted by Crippen LogP contribution is 2.35. The van der Waals surface area contributed by atoms with E-state index in [0.29, 0.717) is 10.4 Å². The Morgan fingerprint density at radius 1 is 1.29 bits per heavy atom. The maximum Gasteiger partial charge on any atom is 0.272 e. The molecule has 1 aliphatic rings. The molecule has 1 aliphatic heterocycles. The van der Waals surface area contributed by atoms with Gasteiger partial charge in [0.2, 0.25) is 5.91 Å². The first-order valence-electron chi connectivity index (χ1n) is 9.38. The fourth-order valence-corrected chi connectivity index (χ4v) is 5.21. The molecule has 2 aromatic rings. The van der Waals surface area contributed by atoms with Gasteiger partial charge in [0, 0.05) is 17.2 Å². The van der Waals surface area contributed by atoms with Crippen LogP contribution < -0.4 is 10.9 Å². The fraction of sp³-hybridized carbons (Fsp3) is 0.476. The second-order valence-corrected chi connectivity index (χ2v) is 10.8. The van der Waals surface area contributed by atoms with Crippen LogP contribution in [0.5, 0.6) is 0 Å². The van der Waals surface area contributed by atoms with Gasteiger partial charge in [-0.15, -0.1) is 11.8 Å². The Morgan fingerprint density at radius 2 is 1.93 bits per heavy atom. The Kier molecular flexibility index (Phi) is 5.96. The molecular weight excluding hydrogens is 390 g/mol. The average molecular weight is 418 g/mol. The molecule has 1 aromatic carbocycles. The van der Waals surface area contributed by atoms with Crippen molar-refractivity contribution in [1.82, 2.24) is 14.9 Å². The zero-order valence-corrected chi connectivity index (χ0v) is 18.9. The van der Waals surface area contributed by atoms with Gasteiger partial charge in [0.15, 0.2) is 5.16 Å². The van der Waals surface area contributed by atoms with E-state index in [4.69, 9.17) is 4.98 Å². The molecule has 1 atom stereocenters. The van der Waals surface area contributed by atoms with Crippen molar-refractivity contribution in [2.75, 3.05) is 5.75 Å². The molecule has 28 heavy (non-hydrogen) atoms. The SMILES string of the molecule is Cc1cc(C)cc(-n2c(SCC(=O)NC(C)(C)C)nc3c(c2=O)SC(C)C3)c1. The Bertz CT molecular complexity index is 957. The summed E-state index contributed by atoms with van der Waals surface area (Å²) in [6.45, 7) is 12.0. The van der Waals surface area contributed by atoms with Crippen LogP contribution in [0.3, 0.4) is 0 Å². The first-order chi connectivity index (χ1) is 13.0. The Balaban J connectivity index is 2.03. The number of carbonyl (C=O) groups is 1. The molecule has 1 aromatic heterocycles. The van der Waals surface area contributed by atoms with Crippen LogP contribution in [0.1, 0.15) is 44.5 Å². The number of amides is 1. The second kappa shape index (κ2) is 7.95. The van der Waals surface area contributed by atoms with E-state index in [0.717, 1.165) is 33.8 Å². The minimum atomic E-state index is -0.289. The van der Waals surface area contributed by atoms with Crippen LogP contribution in [-0.2, 0) is 11.2 Å². The van der Waals surface area contributed by atoms with E-state index in [2.05, 4.69) is 18.3 Å². The second-order valence-electron chi connectivity index (χ2n) is 8.38. The summed E-state index contributed by atoms with van der Waals surface area (Å²) in [5.41, 5.74) is 3.50. The zero-order valence-electron chi connectivity index (χ0n) is 17.3. The van der Waals surface area contributed by atoms with Gasteiger partial charge in [-0.1, -0.05) is 24.8 Å². The first-order valence-corrected chi connectivity index (χ1v) is 11.2. The number of hydrogen-bond acceptors (Lipinski definition) is 5. The predicted molar refractivity (Wildman–Crippen MR) is 117 cm³/mol. The van der Waals surface area contributed by atoms with Crippen molar-refractivity contribution in [3.05, 3.63) is 45.4 Å². The van der Waals surface area contributed by atoms with Gasteiger partial charge >= 0.3 is 0 Å². The molecule has 1 amide bonds. The highest BCUT2D eigenvalue weighted by Gasteiger charge is 2.27. The predicted octanol–water partition coefficient (Wildman–Crippen LogP) is 3.89. The number of carbonyl (C=O) groups excluding carboxylic acids is 1. The van der Waals surface area contributed by atoms with Crippen LogP contribution in [0.4, 0.5) is 0 Å². The highest BCUT2D eigenvalue weighted by molar-refractivity contribution is 8.00. The van der Waals surface area contributed by atoms with Crippen molar-refractivity contribution in [2.24, 2.45) is 0 Å². The molecule has 5 nitrogen and oxygen atoms in total. The lowest BCUT2D eigenvalue weighted by Gasteiger charge is -2.20. The molecule has 0 radical (unpaired) electrons. The van der Waals surface area contributed by atoms with Gasteiger partial charge < -0.3 is 5.32 Å². The maximum absolute atomic E-state index is 13.3. The van der Waals surface area contributed by atoms with Gasteiger partial charge in [-0.3, -0.25) is 14.2 Å². The van der Waals surface area contributed by atoms with Crippen LogP contribution >= 0.6 is 23.5 Å². The Morgan fingerprint density at radius 3 is 2.54 bits per heavy atom. The topological polar surface area (TPSA) is 64.0 Å². The van der Waals surface area contributed by atoms with E-state index in [-0.39, 0.29) is 22.8 Å². The van der Waals surface area contributed by atoms with E-state index in [9.17, 15) is 9.59 Å². The maximum atomic E-state index is 13.3. The van der Waals surface area contributed by atoms with E-state index in [1.54, 1.807) is 16.3 Å². The molecule has 0 aliphatic carbocycles. The number of nitrogens with one attached hydrogen (secondary N) is 1. The molecule has 0 spiro atoms. The number of aromatic nitrogens is 2. The molecule has 7 heteroatoms. The standard InChI is InChI=1S/C21H27N3O2S2/c1-12-7-13(2)9-15(8-12)24-19(26)18-16(10-14(3)28-18)22-20(24)27-11-17(25)23-21(4,5)6/h7-9,14H,10-11H2,1-6H3,(H,23,25). The molecule has 1 N–H and O–H groups in total. The summed E-state index contributed by atoms with van der Waals surface area (Å²) in [5.74, 6) is 0.151. The third-order valence-electron chi connectivity index (χ3n) is 4.19. The summed E-state index contributed by atoms with van der Waals surface area (Å²) in [5, 5.41) is 3.88. The van der Waals surface area contributed by atoms with Gasteiger partial charge in [-0.2, -0.15) is 0 Å². The van der Waals surface area contributed by atoms with E-state index in [1.807, 2.05) is 46.8 Å². The smallest absolute Gasteiger partial charge is 0.272 e. The fourth-order valence-electron chi connectivity index (χ4n) is 3.29. The number of thioether (sulfide) groups is 2. The van der Waals surface area contributed by atoms with Crippen molar-refractivity contribution in [1.29, 1.82) is 0 Å². The lowest BCUT2D eigenvalue weighted by molar-refractivity contribution is -0.119. The number of benzene rings is 1. The monoisotopic (exact) mass is 417 g/mol. The van der Waals surface area contributed by atoms with Gasteiger partial charge in [-0.25, -0.2) is 4.98 Å². The van der Waals surface area contributed by atoms with E-state index >= 15 is 0 Å². The minimum Gasteiger partial charge on any atom is -0.351 e. The van der Waals surface area contributed by atoms with Gasteiger partial charge in [-0.05, 0) is 57.9 Å². The quantitative estimate of drug-likeness (QED) is 0.604. The van der Waals surface area contributed by atoms with Crippen LogP contribution in [0.25, 0.3) is 5.69 Å². The summed E-state index contributed by atoms with van der Waals surface area (Å²) < 4.78 is 1.67. The summed E-state index contributed by atoms with van der Waals surface area (Å²) in [6, 6.07) is 6.06. The lowest BCUT2D eigenvalue weighted by Crippen LogP contribution is -2.41. The zero-order chi connectivity index (χ0) is 20.6. The van der Waals surface area contributed by atoms with Crippen molar-refractivity contribution in [3.8, 4) is 5.69 Å². The number of hydrogen-bond donors (Lipinski definition) is 1. The number of aryl methyl sites for hydroxylation is 2. The number of nitrogens with zero attached hydrogens (tertiary/aromatic N) is 2. The molecule has 0 fully saturated rings. The Labute approximate surface area is 174 Å². The highest BCUT2D eigenvalue weighted by atomic mass is 32.2. The summed E-state index contributed by atoms with van der Waals surface area (Å²) in [6.07, 6.45) is 0.782. The summed E-state index contributed by atoms with van der Waals surface area (Å²) >= 11 is 2.91. The third kappa shape index (κ3) is 4.81. The molecule has 1 unspecified atom stereocenters. The van der Waals surface area contributed by atoms with Crippen LogP contribution in [0.2, 0.25) is 0 Å². The summed E-state index contributed by atoms with van der Waals surface area (Å²) in [4.78, 5) is 31.1. The molecule has 0 saturated heterocycles. The van der Waals surface area contributed by atoms with Crippen LogP contribution in [-0.4, -0.2) is 32.0 Å². The first kappa shape index (κ1) is 21.0. The Hall–Kier alpha value is -1.73. The molecule has 0 saturated carbocycles. The molecule has 2 heterocycles. The van der Waals surface area contributed by atoms with Crippen LogP contribution in [0, 0.1) is 13.8 Å². The van der Waals surface area contributed by atoms with Gasteiger partial charge in [0.25, 0.3) is 5.56 Å². The lowest BCUT2D eigenvalue weighted by atomic mass is 10.1. The normalized spacial score (nSPS) is 16.1. The molecular formula is C21H27N3O2S2. The average Bonchev–Trinajstić information content (AvgIpc) is 2.91. The van der Waals surface area contributed by atoms with E-state index < -0.39 is 0 Å². The van der Waals surface area contributed by atoms with Crippen LogP contribution in [0.15, 0.2) is 33.0 Å². The molecule has 3 rings (SSSR count).